The molecule has 0 saturated carbocycles. The quantitative estimate of drug-likeness (QED) is 0.460. The second-order valence-electron chi connectivity index (χ2n) is 8.66. The number of alkyl halides is 6. The molecule has 2 aromatic rings. The van der Waals surface area contributed by atoms with Crippen molar-refractivity contribution in [2.24, 2.45) is 5.92 Å². The zero-order valence-electron chi connectivity index (χ0n) is 21.0. The standard InChI is InChI=1S/C19H23N5O2.2C2HF3O2/c1-12-5-6-18(23-22-12)24-9-7-14-10-16(26-17(14)11-24)19(25)21-15-4-3-8-20-13(15)2;2*3-2(4,5)1(6)7/h3-6,8,14,16-17H,7,9-11H2,1-2H3,(H,21,25);2*(H,6,7)/t14-,16+,17+;;/m0../s1. The normalized spacial score (nSPS) is 20.2. The molecular formula is C23H25F6N5O6. The SMILES string of the molecule is Cc1ccc(N2CC[C@H]3C[C@H](C(=O)Nc4cccnc4C)O[C@@H]3C2)nn1.O=C(O)C(F)(F)F.O=C(O)C(F)(F)F. The number of piperidine rings is 1. The Bertz CT molecular complexity index is 1150. The summed E-state index contributed by atoms with van der Waals surface area (Å²) in [5, 5.41) is 25.6. The van der Waals surface area contributed by atoms with Crippen LogP contribution in [-0.4, -0.2) is 80.9 Å². The van der Waals surface area contributed by atoms with Gasteiger partial charge in [-0.1, -0.05) is 0 Å². The van der Waals surface area contributed by atoms with E-state index in [4.69, 9.17) is 24.5 Å². The van der Waals surface area contributed by atoms with Crippen LogP contribution in [-0.2, 0) is 19.1 Å². The van der Waals surface area contributed by atoms with Crippen molar-refractivity contribution in [3.05, 3.63) is 41.9 Å². The van der Waals surface area contributed by atoms with Crippen LogP contribution in [0.4, 0.5) is 37.8 Å². The number of aryl methyl sites for hydroxylation is 2. The number of rotatable bonds is 3. The van der Waals surface area contributed by atoms with Crippen LogP contribution < -0.4 is 10.2 Å². The molecule has 40 heavy (non-hydrogen) atoms. The Hall–Kier alpha value is -4.02. The molecule has 3 N–H and O–H groups in total. The number of hydrogen-bond acceptors (Lipinski definition) is 8. The van der Waals surface area contributed by atoms with Gasteiger partial charge < -0.3 is 25.2 Å². The zero-order valence-corrected chi connectivity index (χ0v) is 21.0. The summed E-state index contributed by atoms with van der Waals surface area (Å²) in [4.78, 5) is 36.8. The molecule has 4 rings (SSSR count). The number of aromatic nitrogens is 3. The van der Waals surface area contributed by atoms with Crippen LogP contribution in [0.2, 0.25) is 0 Å². The lowest BCUT2D eigenvalue weighted by atomic mass is 9.91. The average Bonchev–Trinajstić information content (AvgIpc) is 3.29. The van der Waals surface area contributed by atoms with Gasteiger partial charge in [-0.25, -0.2) is 9.59 Å². The molecular weight excluding hydrogens is 556 g/mol. The van der Waals surface area contributed by atoms with Crippen LogP contribution in [0.15, 0.2) is 30.5 Å². The number of carboxylic acid groups (broad SMARTS) is 2. The van der Waals surface area contributed by atoms with Gasteiger partial charge in [0.1, 0.15) is 6.10 Å². The fraction of sp³-hybridized carbons (Fsp3) is 0.478. The number of hydrogen-bond donors (Lipinski definition) is 3. The zero-order chi connectivity index (χ0) is 30.3. The summed E-state index contributed by atoms with van der Waals surface area (Å²) in [6, 6.07) is 7.64. The van der Waals surface area contributed by atoms with Crippen LogP contribution >= 0.6 is 0 Å². The molecule has 2 aromatic heterocycles. The summed E-state index contributed by atoms with van der Waals surface area (Å²) in [7, 11) is 0. The Kier molecular flexibility index (Phi) is 10.8. The van der Waals surface area contributed by atoms with Gasteiger partial charge in [0.05, 0.1) is 23.2 Å². The monoisotopic (exact) mass is 581 g/mol. The minimum Gasteiger partial charge on any atom is -0.475 e. The van der Waals surface area contributed by atoms with Gasteiger partial charge in [-0.2, -0.15) is 31.4 Å². The first-order valence-corrected chi connectivity index (χ1v) is 11.5. The minimum absolute atomic E-state index is 0.0533. The van der Waals surface area contributed by atoms with Gasteiger partial charge in [-0.15, -0.1) is 5.10 Å². The van der Waals surface area contributed by atoms with Crippen LogP contribution in [0.5, 0.6) is 0 Å². The number of aliphatic carboxylic acids is 2. The van der Waals surface area contributed by atoms with Crippen molar-refractivity contribution in [3.63, 3.8) is 0 Å². The van der Waals surface area contributed by atoms with Gasteiger partial charge in [-0.3, -0.25) is 9.78 Å². The van der Waals surface area contributed by atoms with Crippen molar-refractivity contribution in [2.45, 2.75) is 51.2 Å². The van der Waals surface area contributed by atoms with Crippen molar-refractivity contribution in [1.29, 1.82) is 0 Å². The Labute approximate surface area is 223 Å². The van der Waals surface area contributed by atoms with E-state index in [-0.39, 0.29) is 12.0 Å². The summed E-state index contributed by atoms with van der Waals surface area (Å²) in [5.74, 6) is -4.32. The van der Waals surface area contributed by atoms with Crippen molar-refractivity contribution in [1.82, 2.24) is 15.2 Å². The number of ether oxygens (including phenoxy) is 1. The maximum atomic E-state index is 12.6. The number of nitrogens with zero attached hydrogens (tertiary/aromatic N) is 4. The van der Waals surface area contributed by atoms with Gasteiger partial charge in [0, 0.05) is 19.3 Å². The Morgan fingerprint density at radius 3 is 2.10 bits per heavy atom. The van der Waals surface area contributed by atoms with E-state index in [1.165, 1.54) is 0 Å². The van der Waals surface area contributed by atoms with Crippen LogP contribution in [0.1, 0.15) is 24.2 Å². The molecule has 0 bridgehead atoms. The Morgan fingerprint density at radius 1 is 1.00 bits per heavy atom. The van der Waals surface area contributed by atoms with E-state index in [1.807, 2.05) is 38.1 Å². The number of fused-ring (bicyclic) bond motifs is 1. The number of carbonyl (C=O) groups excluding carboxylic acids is 1. The van der Waals surface area contributed by atoms with Crippen molar-refractivity contribution < 1.29 is 55.7 Å². The number of pyridine rings is 1. The van der Waals surface area contributed by atoms with E-state index in [9.17, 15) is 31.1 Å². The van der Waals surface area contributed by atoms with Gasteiger partial charge in [0.2, 0.25) is 0 Å². The minimum atomic E-state index is -5.08. The fourth-order valence-corrected chi connectivity index (χ4v) is 3.70. The highest BCUT2D eigenvalue weighted by atomic mass is 19.4. The van der Waals surface area contributed by atoms with Gasteiger partial charge in [0.15, 0.2) is 5.82 Å². The van der Waals surface area contributed by atoms with Crippen molar-refractivity contribution >= 4 is 29.4 Å². The lowest BCUT2D eigenvalue weighted by molar-refractivity contribution is -0.193. The molecule has 2 aliphatic heterocycles. The van der Waals surface area contributed by atoms with Gasteiger partial charge in [0.25, 0.3) is 5.91 Å². The highest BCUT2D eigenvalue weighted by Gasteiger charge is 2.42. The molecule has 0 aliphatic carbocycles. The number of anilines is 2. The molecule has 0 aromatic carbocycles. The van der Waals surface area contributed by atoms with E-state index in [0.29, 0.717) is 5.92 Å². The molecule has 0 radical (unpaired) electrons. The Balaban J connectivity index is 0.000000333. The number of halogens is 6. The van der Waals surface area contributed by atoms with E-state index in [1.54, 1.807) is 6.20 Å². The number of amides is 1. The highest BCUT2D eigenvalue weighted by molar-refractivity contribution is 5.94. The first-order chi connectivity index (χ1) is 18.5. The average molecular weight is 581 g/mol. The van der Waals surface area contributed by atoms with E-state index < -0.39 is 30.4 Å². The molecule has 2 aliphatic rings. The second kappa shape index (κ2) is 13.4. The summed E-state index contributed by atoms with van der Waals surface area (Å²) in [5.41, 5.74) is 2.45. The summed E-state index contributed by atoms with van der Waals surface area (Å²) < 4.78 is 69.6. The molecule has 1 amide bonds. The molecule has 4 heterocycles. The predicted octanol–water partition coefficient (Wildman–Crippen LogP) is 3.38. The number of carbonyl (C=O) groups is 3. The highest BCUT2D eigenvalue weighted by Crippen LogP contribution is 2.35. The molecule has 0 spiro atoms. The largest absolute Gasteiger partial charge is 0.490 e. The third kappa shape index (κ3) is 9.62. The molecule has 2 saturated heterocycles. The summed E-state index contributed by atoms with van der Waals surface area (Å²) in [6.45, 7) is 5.47. The first-order valence-electron chi connectivity index (χ1n) is 11.5. The maximum Gasteiger partial charge on any atom is 0.490 e. The summed E-state index contributed by atoms with van der Waals surface area (Å²) in [6.07, 6.45) is -7.04. The molecule has 2 fully saturated rings. The smallest absolute Gasteiger partial charge is 0.475 e. The van der Waals surface area contributed by atoms with Crippen molar-refractivity contribution in [2.75, 3.05) is 23.3 Å². The number of nitrogens with one attached hydrogen (secondary N) is 1. The molecule has 3 atom stereocenters. The van der Waals surface area contributed by atoms with E-state index >= 15 is 0 Å². The first kappa shape index (κ1) is 32.2. The fourth-order valence-electron chi connectivity index (χ4n) is 3.70. The van der Waals surface area contributed by atoms with E-state index in [2.05, 4.69) is 25.4 Å². The van der Waals surface area contributed by atoms with Crippen LogP contribution in [0, 0.1) is 19.8 Å². The van der Waals surface area contributed by atoms with E-state index in [0.717, 1.165) is 48.8 Å². The molecule has 11 nitrogen and oxygen atoms in total. The topological polar surface area (TPSA) is 155 Å². The van der Waals surface area contributed by atoms with Crippen LogP contribution in [0.3, 0.4) is 0 Å². The third-order valence-corrected chi connectivity index (χ3v) is 5.70. The van der Waals surface area contributed by atoms with Crippen molar-refractivity contribution in [3.8, 4) is 0 Å². The molecule has 17 heteroatoms. The Morgan fingerprint density at radius 2 is 1.60 bits per heavy atom. The predicted molar refractivity (Wildman–Crippen MR) is 125 cm³/mol. The second-order valence-corrected chi connectivity index (χ2v) is 8.66. The lowest BCUT2D eigenvalue weighted by Crippen LogP contribution is -2.43. The van der Waals surface area contributed by atoms with Gasteiger partial charge in [-0.05, 0) is 56.9 Å². The maximum absolute atomic E-state index is 12.6. The lowest BCUT2D eigenvalue weighted by Gasteiger charge is -2.34. The summed E-state index contributed by atoms with van der Waals surface area (Å²) >= 11 is 0. The third-order valence-electron chi connectivity index (χ3n) is 5.70. The van der Waals surface area contributed by atoms with Crippen LogP contribution in [0.25, 0.3) is 0 Å². The molecule has 220 valence electrons. The number of carboxylic acids is 2. The van der Waals surface area contributed by atoms with Gasteiger partial charge >= 0.3 is 24.3 Å². The molecule has 0 unspecified atom stereocenters.